The molecule has 0 amide bonds. The number of fused-ring (bicyclic) bond motifs is 9. The fourth-order valence-corrected chi connectivity index (χ4v) is 8.49. The predicted octanol–water partition coefficient (Wildman–Crippen LogP) is 10.4. The topological polar surface area (TPSA) is 0 Å². The van der Waals surface area contributed by atoms with Crippen LogP contribution in [0.1, 0.15) is 45.2 Å². The van der Waals surface area contributed by atoms with E-state index < -0.39 is 0 Å². The predicted molar refractivity (Wildman–Crippen MR) is 165 cm³/mol. The van der Waals surface area contributed by atoms with Crippen LogP contribution in [0.5, 0.6) is 0 Å². The molecule has 1 heteroatoms. The van der Waals surface area contributed by atoms with Crippen LogP contribution in [0, 0.1) is 0 Å². The van der Waals surface area contributed by atoms with Gasteiger partial charge in [0.1, 0.15) is 0 Å². The van der Waals surface area contributed by atoms with Gasteiger partial charge in [-0.1, -0.05) is 121 Å². The minimum Gasteiger partial charge on any atom is -0.135 e. The van der Waals surface area contributed by atoms with Gasteiger partial charge in [-0.05, 0) is 67.8 Å². The first kappa shape index (κ1) is 21.5. The van der Waals surface area contributed by atoms with E-state index in [1.54, 1.807) is 0 Å². The van der Waals surface area contributed by atoms with Crippen molar-refractivity contribution >= 4 is 31.5 Å². The lowest BCUT2D eigenvalue weighted by Crippen LogP contribution is -2.02. The molecule has 1 aromatic heterocycles. The zero-order valence-electron chi connectivity index (χ0n) is 21.3. The van der Waals surface area contributed by atoms with Crippen molar-refractivity contribution in [1.82, 2.24) is 0 Å². The quantitative estimate of drug-likeness (QED) is 0.216. The van der Waals surface area contributed by atoms with Crippen molar-refractivity contribution in [3.63, 3.8) is 0 Å². The monoisotopic (exact) mass is 512 g/mol. The third kappa shape index (κ3) is 2.94. The largest absolute Gasteiger partial charge is 0.135 e. The van der Waals surface area contributed by atoms with Gasteiger partial charge in [0.25, 0.3) is 0 Å². The van der Waals surface area contributed by atoms with Crippen LogP contribution >= 0.6 is 11.3 Å². The molecule has 0 aliphatic heterocycles. The number of hydrogen-bond donors (Lipinski definition) is 0. The lowest BCUT2D eigenvalue weighted by molar-refractivity contribution is 1.000. The number of thiophene rings is 1. The Bertz CT molecular complexity index is 2050. The minimum absolute atomic E-state index is 0.241. The maximum Gasteiger partial charge on any atom is 0.0397 e. The van der Waals surface area contributed by atoms with Crippen LogP contribution in [-0.2, 0) is 0 Å². The van der Waals surface area contributed by atoms with Crippen LogP contribution in [0.25, 0.3) is 42.4 Å². The molecule has 0 saturated heterocycles. The van der Waals surface area contributed by atoms with E-state index in [2.05, 4.69) is 133 Å². The Hall–Kier alpha value is -4.46. The summed E-state index contributed by atoms with van der Waals surface area (Å²) < 4.78 is 2.77. The molecule has 0 radical (unpaired) electrons. The van der Waals surface area contributed by atoms with Gasteiger partial charge in [-0.3, -0.25) is 0 Å². The molecule has 0 spiro atoms. The summed E-state index contributed by atoms with van der Waals surface area (Å²) in [5.41, 5.74) is 14.0. The van der Waals surface area contributed by atoms with Crippen LogP contribution < -0.4 is 0 Å². The fourth-order valence-electron chi connectivity index (χ4n) is 7.25. The van der Waals surface area contributed by atoms with Gasteiger partial charge in [-0.25, -0.2) is 0 Å². The summed E-state index contributed by atoms with van der Waals surface area (Å²) in [4.78, 5) is 0. The SMILES string of the molecule is c1ccc2c(c1)-c1ccccc1C2c1ccc2c(c1)-c1ccccc1C2c1cccc2c1sc1ccccc12. The molecule has 0 N–H and O–H groups in total. The number of benzene rings is 6. The van der Waals surface area contributed by atoms with Gasteiger partial charge in [-0.2, -0.15) is 0 Å². The zero-order valence-corrected chi connectivity index (χ0v) is 22.1. The Kier molecular flexibility index (Phi) is 4.42. The molecule has 0 bridgehead atoms. The maximum absolute atomic E-state index is 2.49. The highest BCUT2D eigenvalue weighted by Gasteiger charge is 2.34. The lowest BCUT2D eigenvalue weighted by atomic mass is 9.85. The first-order valence-corrected chi connectivity index (χ1v) is 14.5. The summed E-state index contributed by atoms with van der Waals surface area (Å²) in [5.74, 6) is 0.505. The maximum atomic E-state index is 2.49. The van der Waals surface area contributed by atoms with Gasteiger partial charge in [-0.15, -0.1) is 11.3 Å². The third-order valence-corrected chi connectivity index (χ3v) is 10.1. The highest BCUT2D eigenvalue weighted by atomic mass is 32.1. The molecule has 0 fully saturated rings. The molecule has 6 aromatic carbocycles. The Balaban J connectivity index is 1.27. The van der Waals surface area contributed by atoms with Gasteiger partial charge in [0.05, 0.1) is 0 Å². The molecule has 39 heavy (non-hydrogen) atoms. The molecular weight excluding hydrogens is 488 g/mol. The van der Waals surface area contributed by atoms with E-state index in [-0.39, 0.29) is 11.8 Å². The molecule has 1 heterocycles. The summed E-state index contributed by atoms with van der Waals surface area (Å²) in [6.45, 7) is 0. The molecule has 0 saturated carbocycles. The van der Waals surface area contributed by atoms with Gasteiger partial charge in [0.2, 0.25) is 0 Å². The highest BCUT2D eigenvalue weighted by Crippen LogP contribution is 2.53. The second-order valence-corrected chi connectivity index (χ2v) is 11.8. The average Bonchev–Trinajstić information content (AvgIpc) is 3.65. The summed E-state index contributed by atoms with van der Waals surface area (Å²) in [5, 5.41) is 2.73. The van der Waals surface area contributed by atoms with E-state index in [9.17, 15) is 0 Å². The zero-order chi connectivity index (χ0) is 25.5. The number of rotatable bonds is 2. The van der Waals surface area contributed by atoms with E-state index in [4.69, 9.17) is 0 Å². The van der Waals surface area contributed by atoms with Crippen LogP contribution in [0.4, 0.5) is 0 Å². The van der Waals surface area contributed by atoms with Crippen molar-refractivity contribution in [2.24, 2.45) is 0 Å². The molecule has 2 aliphatic carbocycles. The second-order valence-electron chi connectivity index (χ2n) is 10.8. The molecule has 9 rings (SSSR count). The summed E-state index contributed by atoms with van der Waals surface area (Å²) in [7, 11) is 0. The molecule has 1 unspecified atom stereocenters. The first-order valence-electron chi connectivity index (χ1n) is 13.7. The van der Waals surface area contributed by atoms with Crippen LogP contribution in [0.2, 0.25) is 0 Å². The Morgan fingerprint density at radius 3 is 1.67 bits per heavy atom. The van der Waals surface area contributed by atoms with Crippen molar-refractivity contribution in [1.29, 1.82) is 0 Å². The summed E-state index contributed by atoms with van der Waals surface area (Å²) >= 11 is 1.93. The van der Waals surface area contributed by atoms with E-state index in [0.717, 1.165) is 0 Å². The second kappa shape index (κ2) is 8.02. The molecule has 1 atom stereocenters. The van der Waals surface area contributed by atoms with Gasteiger partial charge in [0, 0.05) is 32.0 Å². The van der Waals surface area contributed by atoms with Gasteiger partial charge >= 0.3 is 0 Å². The number of hydrogen-bond acceptors (Lipinski definition) is 1. The molecule has 7 aromatic rings. The van der Waals surface area contributed by atoms with Crippen molar-refractivity contribution in [3.05, 3.63) is 167 Å². The standard InChI is InChI=1S/C38H24S/c1-4-14-28-24(10-1)25-11-2-5-15-29(25)36(28)23-20-21-31-34(22-23)26-12-3-6-16-30(26)37(31)33-18-9-17-32-27-13-7-8-19-35(27)39-38(32)33/h1-22,36-37H. The summed E-state index contributed by atoms with van der Waals surface area (Å²) in [6, 6.07) is 49.9. The van der Waals surface area contributed by atoms with Crippen molar-refractivity contribution in [2.45, 2.75) is 11.8 Å². The van der Waals surface area contributed by atoms with Crippen molar-refractivity contribution in [2.75, 3.05) is 0 Å². The highest BCUT2D eigenvalue weighted by molar-refractivity contribution is 7.26. The van der Waals surface area contributed by atoms with Gasteiger partial charge in [0.15, 0.2) is 0 Å². The van der Waals surface area contributed by atoms with E-state index in [1.165, 1.54) is 75.8 Å². The Morgan fingerprint density at radius 1 is 0.385 bits per heavy atom. The van der Waals surface area contributed by atoms with Gasteiger partial charge < -0.3 is 0 Å². The van der Waals surface area contributed by atoms with E-state index >= 15 is 0 Å². The van der Waals surface area contributed by atoms with E-state index in [0.29, 0.717) is 0 Å². The van der Waals surface area contributed by atoms with E-state index in [1.807, 2.05) is 11.3 Å². The fraction of sp³-hybridized carbons (Fsp3) is 0.0526. The molecule has 182 valence electrons. The van der Waals surface area contributed by atoms with Crippen molar-refractivity contribution in [3.8, 4) is 22.3 Å². The average molecular weight is 513 g/mol. The normalized spacial score (nSPS) is 15.3. The molecular formula is C38H24S. The molecule has 2 aliphatic rings. The van der Waals surface area contributed by atoms with Crippen LogP contribution in [-0.4, -0.2) is 0 Å². The lowest BCUT2D eigenvalue weighted by Gasteiger charge is -2.18. The van der Waals surface area contributed by atoms with Crippen LogP contribution in [0.3, 0.4) is 0 Å². The minimum atomic E-state index is 0.241. The van der Waals surface area contributed by atoms with Crippen LogP contribution in [0.15, 0.2) is 133 Å². The first-order chi connectivity index (χ1) is 19.4. The third-order valence-electron chi connectivity index (χ3n) is 8.86. The van der Waals surface area contributed by atoms with Crippen molar-refractivity contribution < 1.29 is 0 Å². The Morgan fingerprint density at radius 2 is 0.923 bits per heavy atom. The summed E-state index contributed by atoms with van der Waals surface area (Å²) in [6.07, 6.45) is 0. The Labute approximate surface area is 231 Å². The molecule has 0 nitrogen and oxygen atoms in total. The smallest absolute Gasteiger partial charge is 0.0397 e.